The van der Waals surface area contributed by atoms with Crippen molar-refractivity contribution in [2.75, 3.05) is 13.1 Å². The van der Waals surface area contributed by atoms with Crippen LogP contribution in [0, 0.1) is 11.7 Å². The summed E-state index contributed by atoms with van der Waals surface area (Å²) in [6.45, 7) is 4.76. The second-order valence-electron chi connectivity index (χ2n) is 4.53. The molecule has 2 unspecified atom stereocenters. The summed E-state index contributed by atoms with van der Waals surface area (Å²) >= 11 is 0. The van der Waals surface area contributed by atoms with Crippen molar-refractivity contribution >= 4 is 18.3 Å². The van der Waals surface area contributed by atoms with E-state index in [4.69, 9.17) is 10.5 Å². The Hall–Kier alpha value is -1.33. The lowest BCUT2D eigenvalue weighted by molar-refractivity contribution is -0.128. The van der Waals surface area contributed by atoms with Crippen LogP contribution in [0.25, 0.3) is 0 Å². The first kappa shape index (κ1) is 18.7. The fourth-order valence-electron chi connectivity index (χ4n) is 1.49. The van der Waals surface area contributed by atoms with Crippen LogP contribution in [0.5, 0.6) is 5.75 Å². The second kappa shape index (κ2) is 9.55. The molecule has 0 radical (unpaired) electrons. The van der Waals surface area contributed by atoms with Gasteiger partial charge in [-0.1, -0.05) is 26.0 Å². The van der Waals surface area contributed by atoms with Crippen molar-refractivity contribution in [3.8, 4) is 5.75 Å². The van der Waals surface area contributed by atoms with Crippen LogP contribution in [0.3, 0.4) is 0 Å². The molecule has 114 valence electrons. The third kappa shape index (κ3) is 5.75. The number of nitrogens with one attached hydrogen (secondary N) is 1. The number of amides is 1. The third-order valence-corrected chi connectivity index (χ3v) is 2.80. The van der Waals surface area contributed by atoms with Crippen molar-refractivity contribution in [2.45, 2.75) is 26.4 Å². The van der Waals surface area contributed by atoms with Gasteiger partial charge in [0.25, 0.3) is 5.91 Å². The van der Waals surface area contributed by atoms with Crippen LogP contribution in [0.1, 0.15) is 20.3 Å². The predicted octanol–water partition coefficient (Wildman–Crippen LogP) is 2.12. The van der Waals surface area contributed by atoms with E-state index in [0.717, 1.165) is 0 Å². The summed E-state index contributed by atoms with van der Waals surface area (Å²) in [5.41, 5.74) is 5.48. The van der Waals surface area contributed by atoms with Gasteiger partial charge in [0, 0.05) is 6.54 Å². The van der Waals surface area contributed by atoms with Gasteiger partial charge in [-0.3, -0.25) is 4.79 Å². The zero-order valence-electron chi connectivity index (χ0n) is 11.8. The van der Waals surface area contributed by atoms with Crippen LogP contribution in [0.2, 0.25) is 0 Å². The first-order valence-electron chi connectivity index (χ1n) is 6.47. The highest BCUT2D eigenvalue weighted by atomic mass is 35.5. The number of carbonyl (C=O) groups excluding carboxylic acids is 1. The normalized spacial score (nSPS) is 13.0. The Balaban J connectivity index is 0.00000361. The lowest BCUT2D eigenvalue weighted by atomic mass is 10.2. The Labute approximate surface area is 125 Å². The summed E-state index contributed by atoms with van der Waals surface area (Å²) < 4.78 is 18.8. The van der Waals surface area contributed by atoms with Gasteiger partial charge < -0.3 is 15.8 Å². The van der Waals surface area contributed by atoms with E-state index in [1.807, 2.05) is 13.8 Å². The number of hydrogen-bond acceptors (Lipinski definition) is 3. The molecule has 1 amide bonds. The zero-order chi connectivity index (χ0) is 14.3. The number of benzene rings is 1. The fourth-order valence-corrected chi connectivity index (χ4v) is 1.49. The van der Waals surface area contributed by atoms with Gasteiger partial charge in [-0.15, -0.1) is 12.4 Å². The molecular formula is C14H22ClFN2O2. The lowest BCUT2D eigenvalue weighted by Gasteiger charge is -2.18. The largest absolute Gasteiger partial charge is 0.478 e. The molecule has 0 saturated heterocycles. The van der Waals surface area contributed by atoms with Crippen molar-refractivity contribution in [1.29, 1.82) is 0 Å². The van der Waals surface area contributed by atoms with Gasteiger partial charge in [-0.05, 0) is 31.0 Å². The Morgan fingerprint density at radius 2 is 2.10 bits per heavy atom. The molecule has 0 aliphatic heterocycles. The van der Waals surface area contributed by atoms with Crippen molar-refractivity contribution in [3.63, 3.8) is 0 Å². The topological polar surface area (TPSA) is 64.3 Å². The summed E-state index contributed by atoms with van der Waals surface area (Å²) in [6, 6.07) is 6.05. The van der Waals surface area contributed by atoms with E-state index in [0.29, 0.717) is 19.5 Å². The molecule has 0 bridgehead atoms. The summed E-state index contributed by atoms with van der Waals surface area (Å²) in [5.74, 6) is -0.415. The average Bonchev–Trinajstić information content (AvgIpc) is 2.43. The summed E-state index contributed by atoms with van der Waals surface area (Å²) in [6.07, 6.45) is -0.223. The summed E-state index contributed by atoms with van der Waals surface area (Å²) in [4.78, 5) is 11.9. The van der Waals surface area contributed by atoms with Crippen LogP contribution in [-0.2, 0) is 4.79 Å². The maximum Gasteiger partial charge on any atom is 0.261 e. The molecule has 0 spiro atoms. The Morgan fingerprint density at radius 3 is 2.65 bits per heavy atom. The highest BCUT2D eigenvalue weighted by Gasteiger charge is 2.19. The van der Waals surface area contributed by atoms with E-state index < -0.39 is 11.9 Å². The molecule has 4 nitrogen and oxygen atoms in total. The van der Waals surface area contributed by atoms with E-state index in [2.05, 4.69) is 5.32 Å². The van der Waals surface area contributed by atoms with Gasteiger partial charge in [0.05, 0.1) is 0 Å². The Morgan fingerprint density at radius 1 is 1.45 bits per heavy atom. The molecule has 1 aromatic carbocycles. The standard InChI is InChI=1S/C14H21FN2O2.ClH/c1-3-12(14(18)17-9-10(2)8-16)19-13-7-5-4-6-11(13)15;/h4-7,10,12H,3,8-9,16H2,1-2H3,(H,17,18);1H. The molecule has 1 aromatic rings. The molecule has 20 heavy (non-hydrogen) atoms. The number of nitrogens with two attached hydrogens (primary N) is 1. The van der Waals surface area contributed by atoms with Crippen molar-refractivity contribution in [3.05, 3.63) is 30.1 Å². The monoisotopic (exact) mass is 304 g/mol. The number of halogens is 2. The maximum absolute atomic E-state index is 13.4. The minimum absolute atomic E-state index is 0. The highest BCUT2D eigenvalue weighted by Crippen LogP contribution is 2.18. The minimum atomic E-state index is -0.693. The van der Waals surface area contributed by atoms with Gasteiger partial charge in [0.2, 0.25) is 0 Å². The van der Waals surface area contributed by atoms with Crippen LogP contribution in [0.15, 0.2) is 24.3 Å². The minimum Gasteiger partial charge on any atom is -0.478 e. The molecule has 3 N–H and O–H groups in total. The fraction of sp³-hybridized carbons (Fsp3) is 0.500. The number of carbonyl (C=O) groups is 1. The van der Waals surface area contributed by atoms with Crippen LogP contribution >= 0.6 is 12.4 Å². The van der Waals surface area contributed by atoms with Gasteiger partial charge in [-0.2, -0.15) is 0 Å². The predicted molar refractivity (Wildman–Crippen MR) is 79.6 cm³/mol. The molecule has 0 aliphatic carbocycles. The van der Waals surface area contributed by atoms with E-state index in [1.54, 1.807) is 12.1 Å². The Bertz CT molecular complexity index is 418. The third-order valence-electron chi connectivity index (χ3n) is 2.80. The van der Waals surface area contributed by atoms with E-state index in [1.165, 1.54) is 12.1 Å². The first-order valence-corrected chi connectivity index (χ1v) is 6.47. The maximum atomic E-state index is 13.4. The number of rotatable bonds is 7. The first-order chi connectivity index (χ1) is 9.08. The van der Waals surface area contributed by atoms with E-state index in [9.17, 15) is 9.18 Å². The SMILES string of the molecule is CCC(Oc1ccccc1F)C(=O)NCC(C)CN.Cl. The van der Waals surface area contributed by atoms with Crippen LogP contribution in [-0.4, -0.2) is 25.1 Å². The van der Waals surface area contributed by atoms with Crippen molar-refractivity contribution in [2.24, 2.45) is 11.7 Å². The van der Waals surface area contributed by atoms with Crippen molar-refractivity contribution in [1.82, 2.24) is 5.32 Å². The smallest absolute Gasteiger partial charge is 0.261 e. The van der Waals surface area contributed by atoms with E-state index in [-0.39, 0.29) is 30.0 Å². The summed E-state index contributed by atoms with van der Waals surface area (Å²) in [5, 5.41) is 2.76. The molecule has 0 aliphatic rings. The second-order valence-corrected chi connectivity index (χ2v) is 4.53. The molecule has 0 heterocycles. The molecule has 2 atom stereocenters. The number of ether oxygens (including phenoxy) is 1. The lowest BCUT2D eigenvalue weighted by Crippen LogP contribution is -2.41. The van der Waals surface area contributed by atoms with Crippen molar-refractivity contribution < 1.29 is 13.9 Å². The van der Waals surface area contributed by atoms with E-state index >= 15 is 0 Å². The molecular weight excluding hydrogens is 283 g/mol. The molecule has 0 saturated carbocycles. The van der Waals surface area contributed by atoms with Gasteiger partial charge in [0.15, 0.2) is 17.7 Å². The zero-order valence-corrected chi connectivity index (χ0v) is 12.6. The van der Waals surface area contributed by atoms with Crippen LogP contribution in [0.4, 0.5) is 4.39 Å². The number of para-hydroxylation sites is 1. The molecule has 0 fully saturated rings. The van der Waals surface area contributed by atoms with Gasteiger partial charge in [0.1, 0.15) is 0 Å². The molecule has 6 heteroatoms. The summed E-state index contributed by atoms with van der Waals surface area (Å²) in [7, 11) is 0. The quantitative estimate of drug-likeness (QED) is 0.811. The molecule has 1 rings (SSSR count). The molecule has 0 aromatic heterocycles. The Kier molecular flexibility index (Phi) is 8.92. The van der Waals surface area contributed by atoms with Gasteiger partial charge in [-0.25, -0.2) is 4.39 Å². The number of hydrogen-bond donors (Lipinski definition) is 2. The van der Waals surface area contributed by atoms with Crippen LogP contribution < -0.4 is 15.8 Å². The van der Waals surface area contributed by atoms with Gasteiger partial charge >= 0.3 is 0 Å². The average molecular weight is 305 g/mol. The highest BCUT2D eigenvalue weighted by molar-refractivity contribution is 5.85.